The van der Waals surface area contributed by atoms with E-state index >= 15 is 0 Å². The number of nitrogens with zero attached hydrogens (tertiary/aromatic N) is 2. The van der Waals surface area contributed by atoms with Crippen molar-refractivity contribution < 1.29 is 0 Å². The van der Waals surface area contributed by atoms with Crippen molar-refractivity contribution in [1.29, 1.82) is 0 Å². The van der Waals surface area contributed by atoms with Gasteiger partial charge >= 0.3 is 0 Å². The maximum Gasteiger partial charge on any atom is 0.147 e. The fourth-order valence-corrected chi connectivity index (χ4v) is 3.05. The molecule has 0 amide bonds. The molecule has 1 saturated heterocycles. The molecule has 2 aromatic rings. The van der Waals surface area contributed by atoms with Crippen molar-refractivity contribution in [2.24, 2.45) is 0 Å². The molecule has 90 valence electrons. The molecule has 1 atom stereocenters. The highest BCUT2D eigenvalue weighted by Gasteiger charge is 2.14. The standard InChI is InChI=1S/C12H16N4S/c1-2-9(3-6-13-5-1)16-12-11-10(4-7-17-11)14-8-15-12/h4,7-9,13H,1-3,5-6H2,(H,14,15,16). The van der Waals surface area contributed by atoms with E-state index in [1.807, 2.05) is 6.07 Å². The molecule has 5 heteroatoms. The van der Waals surface area contributed by atoms with Crippen LogP contribution in [-0.4, -0.2) is 29.1 Å². The van der Waals surface area contributed by atoms with Crippen LogP contribution in [0.2, 0.25) is 0 Å². The third-order valence-corrected chi connectivity index (χ3v) is 4.07. The average molecular weight is 248 g/mol. The van der Waals surface area contributed by atoms with Crippen molar-refractivity contribution >= 4 is 27.4 Å². The SMILES string of the molecule is c1nc(NC2CCCNCC2)c2sccc2n1. The molecule has 17 heavy (non-hydrogen) atoms. The monoisotopic (exact) mass is 248 g/mol. The summed E-state index contributed by atoms with van der Waals surface area (Å²) < 4.78 is 1.17. The van der Waals surface area contributed by atoms with Gasteiger partial charge in [-0.1, -0.05) is 0 Å². The lowest BCUT2D eigenvalue weighted by Crippen LogP contribution is -2.22. The number of hydrogen-bond donors (Lipinski definition) is 2. The van der Waals surface area contributed by atoms with Crippen LogP contribution in [0.4, 0.5) is 5.82 Å². The van der Waals surface area contributed by atoms with Gasteiger partial charge in [0.1, 0.15) is 12.1 Å². The van der Waals surface area contributed by atoms with Crippen LogP contribution in [0.1, 0.15) is 19.3 Å². The maximum atomic E-state index is 4.37. The topological polar surface area (TPSA) is 49.8 Å². The van der Waals surface area contributed by atoms with E-state index in [4.69, 9.17) is 0 Å². The molecular formula is C12H16N4S. The Balaban J connectivity index is 1.81. The summed E-state index contributed by atoms with van der Waals surface area (Å²) in [6, 6.07) is 2.58. The molecule has 1 aliphatic rings. The Kier molecular flexibility index (Phi) is 3.20. The molecule has 2 aromatic heterocycles. The van der Waals surface area contributed by atoms with Crippen molar-refractivity contribution in [3.05, 3.63) is 17.8 Å². The third-order valence-electron chi connectivity index (χ3n) is 3.16. The minimum Gasteiger partial charge on any atom is -0.366 e. The van der Waals surface area contributed by atoms with Crippen molar-refractivity contribution in [3.63, 3.8) is 0 Å². The van der Waals surface area contributed by atoms with Crippen LogP contribution in [0.5, 0.6) is 0 Å². The molecule has 3 heterocycles. The second-order valence-corrected chi connectivity index (χ2v) is 5.30. The molecule has 0 saturated carbocycles. The molecule has 4 nitrogen and oxygen atoms in total. The smallest absolute Gasteiger partial charge is 0.147 e. The average Bonchev–Trinajstić information content (AvgIpc) is 2.69. The Labute approximate surface area is 104 Å². The number of fused-ring (bicyclic) bond motifs is 1. The van der Waals surface area contributed by atoms with E-state index in [9.17, 15) is 0 Å². The van der Waals surface area contributed by atoms with Crippen LogP contribution in [0.15, 0.2) is 17.8 Å². The zero-order chi connectivity index (χ0) is 11.5. The summed E-state index contributed by atoms with van der Waals surface area (Å²) in [7, 11) is 0. The van der Waals surface area contributed by atoms with Gasteiger partial charge in [0.15, 0.2) is 0 Å². The zero-order valence-electron chi connectivity index (χ0n) is 9.65. The second kappa shape index (κ2) is 4.98. The van der Waals surface area contributed by atoms with Gasteiger partial charge in [0.2, 0.25) is 0 Å². The van der Waals surface area contributed by atoms with Gasteiger partial charge < -0.3 is 10.6 Å². The second-order valence-electron chi connectivity index (χ2n) is 4.38. The summed E-state index contributed by atoms with van der Waals surface area (Å²) in [6.45, 7) is 2.23. The van der Waals surface area contributed by atoms with Gasteiger partial charge in [0.05, 0.1) is 10.2 Å². The van der Waals surface area contributed by atoms with E-state index < -0.39 is 0 Å². The van der Waals surface area contributed by atoms with Gasteiger partial charge in [-0.3, -0.25) is 0 Å². The lowest BCUT2D eigenvalue weighted by atomic mass is 10.1. The third kappa shape index (κ3) is 2.40. The van der Waals surface area contributed by atoms with E-state index in [-0.39, 0.29) is 0 Å². The molecule has 0 aromatic carbocycles. The number of hydrogen-bond acceptors (Lipinski definition) is 5. The van der Waals surface area contributed by atoms with Gasteiger partial charge in [0.25, 0.3) is 0 Å². The first kappa shape index (κ1) is 10.9. The normalized spacial score (nSPS) is 21.3. The van der Waals surface area contributed by atoms with Gasteiger partial charge in [-0.2, -0.15) is 0 Å². The van der Waals surface area contributed by atoms with Crippen LogP contribution < -0.4 is 10.6 Å². The Morgan fingerprint density at radius 2 is 2.29 bits per heavy atom. The highest BCUT2D eigenvalue weighted by Crippen LogP contribution is 2.26. The zero-order valence-corrected chi connectivity index (χ0v) is 10.5. The largest absolute Gasteiger partial charge is 0.366 e. The Hall–Kier alpha value is -1.20. The van der Waals surface area contributed by atoms with Crippen molar-refractivity contribution in [1.82, 2.24) is 15.3 Å². The molecule has 0 aliphatic carbocycles. The van der Waals surface area contributed by atoms with Crippen LogP contribution in [0.3, 0.4) is 0 Å². The van der Waals surface area contributed by atoms with E-state index in [2.05, 4.69) is 26.0 Å². The number of anilines is 1. The fourth-order valence-electron chi connectivity index (χ4n) is 2.25. The molecule has 1 unspecified atom stereocenters. The predicted molar refractivity (Wildman–Crippen MR) is 71.5 cm³/mol. The molecule has 1 fully saturated rings. The summed E-state index contributed by atoms with van der Waals surface area (Å²) in [6.07, 6.45) is 5.25. The van der Waals surface area contributed by atoms with E-state index in [0.29, 0.717) is 6.04 Å². The summed E-state index contributed by atoms with van der Waals surface area (Å²) in [5.41, 5.74) is 1.04. The van der Waals surface area contributed by atoms with Crippen LogP contribution in [-0.2, 0) is 0 Å². The van der Waals surface area contributed by atoms with Gasteiger partial charge in [-0.05, 0) is 43.8 Å². The van der Waals surface area contributed by atoms with Crippen molar-refractivity contribution in [2.75, 3.05) is 18.4 Å². The predicted octanol–water partition coefficient (Wildman–Crippen LogP) is 2.25. The molecular weight excluding hydrogens is 232 g/mol. The van der Waals surface area contributed by atoms with E-state index in [0.717, 1.165) is 30.8 Å². The highest BCUT2D eigenvalue weighted by atomic mass is 32.1. The van der Waals surface area contributed by atoms with E-state index in [1.54, 1.807) is 17.7 Å². The number of thiophene rings is 1. The quantitative estimate of drug-likeness (QED) is 0.856. The highest BCUT2D eigenvalue weighted by molar-refractivity contribution is 7.17. The maximum absolute atomic E-state index is 4.37. The first-order valence-electron chi connectivity index (χ1n) is 6.09. The summed E-state index contributed by atoms with van der Waals surface area (Å²) in [4.78, 5) is 8.63. The van der Waals surface area contributed by atoms with Crippen LogP contribution in [0, 0.1) is 0 Å². The fraction of sp³-hybridized carbons (Fsp3) is 0.500. The molecule has 1 aliphatic heterocycles. The van der Waals surface area contributed by atoms with Crippen LogP contribution in [0.25, 0.3) is 10.2 Å². The van der Waals surface area contributed by atoms with Crippen molar-refractivity contribution in [2.45, 2.75) is 25.3 Å². The first-order chi connectivity index (χ1) is 8.43. The Morgan fingerprint density at radius 1 is 1.29 bits per heavy atom. The number of rotatable bonds is 2. The first-order valence-corrected chi connectivity index (χ1v) is 6.97. The molecule has 2 N–H and O–H groups in total. The molecule has 0 spiro atoms. The summed E-state index contributed by atoms with van der Waals surface area (Å²) in [5.74, 6) is 0.997. The Morgan fingerprint density at radius 3 is 3.29 bits per heavy atom. The Bertz CT molecular complexity index is 488. The van der Waals surface area contributed by atoms with Gasteiger partial charge in [-0.15, -0.1) is 11.3 Å². The minimum atomic E-state index is 0.533. The molecule has 3 rings (SSSR count). The van der Waals surface area contributed by atoms with E-state index in [1.165, 1.54) is 17.5 Å². The summed E-state index contributed by atoms with van der Waals surface area (Å²) >= 11 is 1.70. The molecule has 0 radical (unpaired) electrons. The number of aromatic nitrogens is 2. The van der Waals surface area contributed by atoms with Crippen molar-refractivity contribution in [3.8, 4) is 0 Å². The minimum absolute atomic E-state index is 0.533. The van der Waals surface area contributed by atoms with Gasteiger partial charge in [0, 0.05) is 6.04 Å². The lowest BCUT2D eigenvalue weighted by Gasteiger charge is -2.16. The van der Waals surface area contributed by atoms with Crippen LogP contribution >= 0.6 is 11.3 Å². The lowest BCUT2D eigenvalue weighted by molar-refractivity contribution is 0.636. The molecule has 0 bridgehead atoms. The number of nitrogens with one attached hydrogen (secondary N) is 2. The van der Waals surface area contributed by atoms with Gasteiger partial charge in [-0.25, -0.2) is 9.97 Å². The summed E-state index contributed by atoms with van der Waals surface area (Å²) in [5, 5.41) is 9.06.